The summed E-state index contributed by atoms with van der Waals surface area (Å²) in [5.74, 6) is -1.23. The molecule has 1 aromatic heterocycles. The van der Waals surface area contributed by atoms with Crippen molar-refractivity contribution < 1.29 is 8.78 Å². The summed E-state index contributed by atoms with van der Waals surface area (Å²) in [6, 6.07) is 4.61. The maximum absolute atomic E-state index is 13.7. The molecule has 18 heavy (non-hydrogen) atoms. The van der Waals surface area contributed by atoms with E-state index in [0.29, 0.717) is 0 Å². The van der Waals surface area contributed by atoms with Gasteiger partial charge >= 0.3 is 0 Å². The van der Waals surface area contributed by atoms with Crippen LogP contribution in [-0.2, 0) is 6.42 Å². The lowest BCUT2D eigenvalue weighted by Crippen LogP contribution is -2.16. The molecule has 1 heterocycles. The van der Waals surface area contributed by atoms with Gasteiger partial charge < -0.3 is 5.73 Å². The van der Waals surface area contributed by atoms with Crippen LogP contribution >= 0.6 is 0 Å². The van der Waals surface area contributed by atoms with Gasteiger partial charge in [-0.3, -0.25) is 4.98 Å². The quantitative estimate of drug-likeness (QED) is 0.907. The molecule has 0 aliphatic carbocycles. The van der Waals surface area contributed by atoms with Gasteiger partial charge in [-0.25, -0.2) is 8.78 Å². The van der Waals surface area contributed by atoms with E-state index < -0.39 is 17.7 Å². The Morgan fingerprint density at radius 2 is 2.00 bits per heavy atom. The second-order valence-electron chi connectivity index (χ2n) is 4.07. The van der Waals surface area contributed by atoms with Crippen molar-refractivity contribution in [2.24, 2.45) is 5.73 Å². The van der Waals surface area contributed by atoms with Crippen LogP contribution in [0.5, 0.6) is 0 Å². The van der Waals surface area contributed by atoms with Gasteiger partial charge in [0.15, 0.2) is 0 Å². The molecule has 0 radical (unpaired) electrons. The predicted molar refractivity (Wildman–Crippen MR) is 66.0 cm³/mol. The average molecular weight is 248 g/mol. The molecule has 2 N–H and O–H groups in total. The molecule has 94 valence electrons. The van der Waals surface area contributed by atoms with Crippen LogP contribution in [0.3, 0.4) is 0 Å². The molecule has 1 atom stereocenters. The molecular formula is C14H14F2N2. The van der Waals surface area contributed by atoms with E-state index >= 15 is 0 Å². The summed E-state index contributed by atoms with van der Waals surface area (Å²) < 4.78 is 26.6. The van der Waals surface area contributed by atoms with E-state index in [1.807, 2.05) is 6.92 Å². The van der Waals surface area contributed by atoms with Gasteiger partial charge in [-0.2, -0.15) is 0 Å². The van der Waals surface area contributed by atoms with Gasteiger partial charge in [0.1, 0.15) is 11.6 Å². The summed E-state index contributed by atoms with van der Waals surface area (Å²) in [7, 11) is 0. The van der Waals surface area contributed by atoms with Crippen molar-refractivity contribution in [3.63, 3.8) is 0 Å². The number of aromatic nitrogens is 1. The van der Waals surface area contributed by atoms with Gasteiger partial charge in [0, 0.05) is 24.0 Å². The largest absolute Gasteiger partial charge is 0.320 e. The van der Waals surface area contributed by atoms with Crippen LogP contribution in [0.15, 0.2) is 36.7 Å². The normalized spacial score (nSPS) is 12.4. The molecule has 1 aromatic carbocycles. The van der Waals surface area contributed by atoms with Crippen molar-refractivity contribution >= 4 is 0 Å². The molecule has 0 amide bonds. The summed E-state index contributed by atoms with van der Waals surface area (Å²) in [4.78, 5) is 4.02. The van der Waals surface area contributed by atoms with E-state index in [1.165, 1.54) is 12.1 Å². The highest BCUT2D eigenvalue weighted by Crippen LogP contribution is 2.25. The number of nitrogens with two attached hydrogens (primary N) is 1. The molecule has 2 aromatic rings. The number of aryl methyl sites for hydroxylation is 1. The molecule has 0 spiro atoms. The molecule has 0 aliphatic heterocycles. The number of hydrogen-bond acceptors (Lipinski definition) is 2. The summed E-state index contributed by atoms with van der Waals surface area (Å²) in [5, 5.41) is 0. The van der Waals surface area contributed by atoms with Gasteiger partial charge in [0.2, 0.25) is 0 Å². The zero-order valence-corrected chi connectivity index (χ0v) is 10.0. The van der Waals surface area contributed by atoms with E-state index in [2.05, 4.69) is 4.98 Å². The Kier molecular flexibility index (Phi) is 3.67. The van der Waals surface area contributed by atoms with Crippen molar-refractivity contribution in [3.05, 3.63) is 65.0 Å². The Morgan fingerprint density at radius 1 is 1.22 bits per heavy atom. The summed E-state index contributed by atoms with van der Waals surface area (Å²) >= 11 is 0. The van der Waals surface area contributed by atoms with Crippen molar-refractivity contribution in [1.82, 2.24) is 4.98 Å². The number of benzene rings is 1. The fourth-order valence-electron chi connectivity index (χ4n) is 1.96. The minimum Gasteiger partial charge on any atom is -0.320 e. The third-order valence-electron chi connectivity index (χ3n) is 2.95. The number of halogens is 2. The van der Waals surface area contributed by atoms with E-state index in [9.17, 15) is 8.78 Å². The summed E-state index contributed by atoms with van der Waals surface area (Å²) in [6.45, 7) is 1.98. The zero-order chi connectivity index (χ0) is 13.1. The first-order valence-corrected chi connectivity index (χ1v) is 5.76. The van der Waals surface area contributed by atoms with Crippen molar-refractivity contribution in [1.29, 1.82) is 0 Å². The first-order valence-electron chi connectivity index (χ1n) is 5.76. The SMILES string of the molecule is CCc1cnccc1C(N)c1ccc(F)cc1F. The third kappa shape index (κ3) is 2.38. The fraction of sp³-hybridized carbons (Fsp3) is 0.214. The maximum atomic E-state index is 13.7. The van der Waals surface area contributed by atoms with Crippen LogP contribution in [0, 0.1) is 11.6 Å². The molecule has 0 saturated heterocycles. The molecule has 1 unspecified atom stereocenters. The minimum absolute atomic E-state index is 0.289. The Morgan fingerprint density at radius 3 is 2.67 bits per heavy atom. The highest BCUT2D eigenvalue weighted by atomic mass is 19.1. The van der Waals surface area contributed by atoms with Crippen LogP contribution in [0.25, 0.3) is 0 Å². The summed E-state index contributed by atoms with van der Waals surface area (Å²) in [5.41, 5.74) is 8.13. The predicted octanol–water partition coefficient (Wildman–Crippen LogP) is 2.97. The van der Waals surface area contributed by atoms with E-state index in [0.717, 1.165) is 23.6 Å². The van der Waals surface area contributed by atoms with Gasteiger partial charge in [-0.15, -0.1) is 0 Å². The lowest BCUT2D eigenvalue weighted by atomic mass is 9.95. The van der Waals surface area contributed by atoms with Gasteiger partial charge in [0.05, 0.1) is 6.04 Å². The maximum Gasteiger partial charge on any atom is 0.131 e. The topological polar surface area (TPSA) is 38.9 Å². The Hall–Kier alpha value is -1.81. The van der Waals surface area contributed by atoms with E-state index in [-0.39, 0.29) is 5.56 Å². The molecule has 2 rings (SSSR count). The lowest BCUT2D eigenvalue weighted by Gasteiger charge is -2.16. The molecule has 0 fully saturated rings. The number of pyridine rings is 1. The molecule has 0 bridgehead atoms. The van der Waals surface area contributed by atoms with Crippen LogP contribution in [0.4, 0.5) is 8.78 Å². The Balaban J connectivity index is 2.44. The average Bonchev–Trinajstić information content (AvgIpc) is 2.38. The van der Waals surface area contributed by atoms with Crippen molar-refractivity contribution in [2.75, 3.05) is 0 Å². The monoisotopic (exact) mass is 248 g/mol. The molecule has 0 aliphatic rings. The molecule has 0 saturated carbocycles. The second-order valence-corrected chi connectivity index (χ2v) is 4.07. The van der Waals surface area contributed by atoms with Crippen molar-refractivity contribution in [2.45, 2.75) is 19.4 Å². The highest BCUT2D eigenvalue weighted by molar-refractivity contribution is 5.36. The van der Waals surface area contributed by atoms with Gasteiger partial charge in [-0.1, -0.05) is 13.0 Å². The number of rotatable bonds is 3. The van der Waals surface area contributed by atoms with Crippen LogP contribution < -0.4 is 5.73 Å². The van der Waals surface area contributed by atoms with E-state index in [4.69, 9.17) is 5.73 Å². The molecule has 2 nitrogen and oxygen atoms in total. The van der Waals surface area contributed by atoms with Crippen LogP contribution in [-0.4, -0.2) is 4.98 Å². The van der Waals surface area contributed by atoms with Crippen molar-refractivity contribution in [3.8, 4) is 0 Å². The van der Waals surface area contributed by atoms with Gasteiger partial charge in [0.25, 0.3) is 0 Å². The lowest BCUT2D eigenvalue weighted by molar-refractivity contribution is 0.565. The highest BCUT2D eigenvalue weighted by Gasteiger charge is 2.16. The smallest absolute Gasteiger partial charge is 0.131 e. The number of hydrogen-bond donors (Lipinski definition) is 1. The van der Waals surface area contributed by atoms with E-state index in [1.54, 1.807) is 18.5 Å². The first-order chi connectivity index (χ1) is 8.63. The van der Waals surface area contributed by atoms with Crippen LogP contribution in [0.1, 0.15) is 29.7 Å². The molecular weight excluding hydrogens is 234 g/mol. The van der Waals surface area contributed by atoms with Crippen LogP contribution in [0.2, 0.25) is 0 Å². The summed E-state index contributed by atoms with van der Waals surface area (Å²) in [6.07, 6.45) is 4.10. The second kappa shape index (κ2) is 5.23. The zero-order valence-electron chi connectivity index (χ0n) is 10.0. The fourth-order valence-corrected chi connectivity index (χ4v) is 1.96. The molecule has 4 heteroatoms. The van der Waals surface area contributed by atoms with Gasteiger partial charge in [-0.05, 0) is 29.7 Å². The third-order valence-corrected chi connectivity index (χ3v) is 2.95. The Bertz CT molecular complexity index is 555. The first kappa shape index (κ1) is 12.6. The minimum atomic E-state index is -0.624. The standard InChI is InChI=1S/C14H14F2N2/c1-2-9-8-18-6-5-11(9)14(17)12-4-3-10(15)7-13(12)16/h3-8,14H,2,17H2,1H3. The number of nitrogens with zero attached hydrogens (tertiary/aromatic N) is 1. The Labute approximate surface area is 104 Å².